The standard InChI is InChI=1S/C26H23F2N5O4/c1-29-18-9-17(27)23(28)21-14(18)8-19-22(21)24(32(2)6-7-37-3)15(10-30-19)13-4-5-20-31-11-16(26(35)36)25(34)33(20)12-13/h4-5,9-12,29H,6-8H2,1-3H3,(H,35,36). The number of carbonyl (C=O) groups is 1. The summed E-state index contributed by atoms with van der Waals surface area (Å²) < 4.78 is 36.4. The summed E-state index contributed by atoms with van der Waals surface area (Å²) in [6.45, 7) is 0.805. The smallest absolute Gasteiger partial charge is 0.342 e. The van der Waals surface area contributed by atoms with Gasteiger partial charge in [0.05, 0.1) is 18.0 Å². The van der Waals surface area contributed by atoms with Crippen molar-refractivity contribution < 1.29 is 23.4 Å². The van der Waals surface area contributed by atoms with Gasteiger partial charge in [0.1, 0.15) is 11.2 Å². The van der Waals surface area contributed by atoms with Crippen molar-refractivity contribution in [2.24, 2.45) is 0 Å². The first kappa shape index (κ1) is 24.3. The fourth-order valence-corrected chi connectivity index (χ4v) is 4.76. The van der Waals surface area contributed by atoms with Gasteiger partial charge in [0.2, 0.25) is 0 Å². The van der Waals surface area contributed by atoms with Crippen LogP contribution in [0.25, 0.3) is 27.9 Å². The fraction of sp³-hybridized carbons (Fsp3) is 0.231. The van der Waals surface area contributed by atoms with Crippen molar-refractivity contribution in [1.82, 2.24) is 14.4 Å². The molecule has 5 rings (SSSR count). The molecule has 2 N–H and O–H groups in total. The van der Waals surface area contributed by atoms with Crippen LogP contribution in [0.3, 0.4) is 0 Å². The Bertz CT molecular complexity index is 1640. The lowest BCUT2D eigenvalue weighted by molar-refractivity contribution is 0.0694. The number of ether oxygens (including phenoxy) is 1. The molecule has 0 fully saturated rings. The van der Waals surface area contributed by atoms with E-state index in [1.165, 1.54) is 6.20 Å². The average Bonchev–Trinajstić information content (AvgIpc) is 3.28. The number of methoxy groups -OCH3 is 1. The molecule has 3 heterocycles. The van der Waals surface area contributed by atoms with Crippen LogP contribution >= 0.6 is 0 Å². The van der Waals surface area contributed by atoms with Crippen LogP contribution in [0.15, 0.2) is 41.6 Å². The number of rotatable bonds is 7. The van der Waals surface area contributed by atoms with Crippen LogP contribution in [-0.2, 0) is 11.2 Å². The van der Waals surface area contributed by atoms with Gasteiger partial charge < -0.3 is 20.1 Å². The number of fused-ring (bicyclic) bond motifs is 4. The monoisotopic (exact) mass is 507 g/mol. The van der Waals surface area contributed by atoms with E-state index in [-0.39, 0.29) is 11.2 Å². The molecule has 0 saturated carbocycles. The maximum absolute atomic E-state index is 15.3. The van der Waals surface area contributed by atoms with Gasteiger partial charge in [-0.2, -0.15) is 0 Å². The number of likely N-dealkylation sites (N-methyl/N-ethyl adjacent to an activating group) is 1. The third-order valence-electron chi connectivity index (χ3n) is 6.58. The molecular formula is C26H23F2N5O4. The van der Waals surface area contributed by atoms with Crippen molar-refractivity contribution in [2.75, 3.05) is 44.6 Å². The van der Waals surface area contributed by atoms with Crippen LogP contribution in [0, 0.1) is 11.6 Å². The number of carboxylic acids is 1. The van der Waals surface area contributed by atoms with E-state index in [2.05, 4.69) is 15.3 Å². The van der Waals surface area contributed by atoms with Gasteiger partial charge in [0.25, 0.3) is 5.56 Å². The van der Waals surface area contributed by atoms with Crippen LogP contribution in [0.4, 0.5) is 20.2 Å². The summed E-state index contributed by atoms with van der Waals surface area (Å²) in [6.07, 6.45) is 4.43. The molecule has 1 aliphatic carbocycles. The first-order valence-electron chi connectivity index (χ1n) is 11.4. The number of aromatic carboxylic acids is 1. The van der Waals surface area contributed by atoms with E-state index in [0.717, 1.165) is 16.7 Å². The van der Waals surface area contributed by atoms with E-state index in [4.69, 9.17) is 4.74 Å². The Hall–Kier alpha value is -4.38. The van der Waals surface area contributed by atoms with E-state index >= 15 is 4.39 Å². The Kier molecular flexibility index (Phi) is 6.08. The Morgan fingerprint density at radius 3 is 2.73 bits per heavy atom. The molecule has 11 heteroatoms. The molecule has 37 heavy (non-hydrogen) atoms. The zero-order valence-corrected chi connectivity index (χ0v) is 20.3. The minimum absolute atomic E-state index is 0.140. The van der Waals surface area contributed by atoms with E-state index in [9.17, 15) is 19.1 Å². The fourth-order valence-electron chi connectivity index (χ4n) is 4.76. The Balaban J connectivity index is 1.81. The Labute approximate surface area is 210 Å². The highest BCUT2D eigenvalue weighted by Gasteiger charge is 2.33. The largest absolute Gasteiger partial charge is 0.477 e. The minimum atomic E-state index is -1.38. The normalized spacial score (nSPS) is 11.9. The van der Waals surface area contributed by atoms with Crippen molar-refractivity contribution in [3.05, 3.63) is 75.6 Å². The summed E-state index contributed by atoms with van der Waals surface area (Å²) in [6, 6.07) is 4.44. The lowest BCUT2D eigenvalue weighted by atomic mass is 9.97. The SMILES string of the molecule is CNc1cc(F)c(F)c2c1Cc1ncc(-c3ccc4ncc(C(=O)O)c(=O)n4c3)c(N(C)CCOC)c1-2. The van der Waals surface area contributed by atoms with Crippen molar-refractivity contribution in [2.45, 2.75) is 6.42 Å². The first-order valence-corrected chi connectivity index (χ1v) is 11.4. The van der Waals surface area contributed by atoms with Gasteiger partial charge in [0.15, 0.2) is 11.6 Å². The molecule has 3 aromatic heterocycles. The molecule has 0 unspecified atom stereocenters. The highest BCUT2D eigenvalue weighted by atomic mass is 19.2. The third-order valence-corrected chi connectivity index (χ3v) is 6.58. The lowest BCUT2D eigenvalue weighted by Crippen LogP contribution is -2.24. The van der Waals surface area contributed by atoms with Gasteiger partial charge >= 0.3 is 5.97 Å². The predicted molar refractivity (Wildman–Crippen MR) is 135 cm³/mol. The highest BCUT2D eigenvalue weighted by Crippen LogP contribution is 2.49. The van der Waals surface area contributed by atoms with Gasteiger partial charge in [-0.25, -0.2) is 18.6 Å². The number of halogens is 2. The van der Waals surface area contributed by atoms with Crippen LogP contribution in [0.1, 0.15) is 21.6 Å². The third kappa shape index (κ3) is 3.87. The maximum Gasteiger partial charge on any atom is 0.342 e. The second-order valence-corrected chi connectivity index (χ2v) is 8.68. The number of carboxylic acid groups (broad SMARTS) is 1. The number of aromatic nitrogens is 3. The molecule has 190 valence electrons. The quantitative estimate of drug-likeness (QED) is 0.345. The molecule has 0 atom stereocenters. The van der Waals surface area contributed by atoms with Gasteiger partial charge in [0, 0.05) is 86.8 Å². The van der Waals surface area contributed by atoms with Crippen molar-refractivity contribution in [1.29, 1.82) is 0 Å². The summed E-state index contributed by atoms with van der Waals surface area (Å²) in [5.74, 6) is -3.32. The number of hydrogen-bond acceptors (Lipinski definition) is 7. The Morgan fingerprint density at radius 2 is 2.03 bits per heavy atom. The minimum Gasteiger partial charge on any atom is -0.477 e. The molecule has 0 saturated heterocycles. The van der Waals surface area contributed by atoms with Gasteiger partial charge in [-0.05, 0) is 17.7 Å². The van der Waals surface area contributed by atoms with Crippen LogP contribution in [-0.4, -0.2) is 59.8 Å². The van der Waals surface area contributed by atoms with E-state index in [1.54, 1.807) is 32.5 Å². The number of nitrogens with one attached hydrogen (secondary N) is 1. The second-order valence-electron chi connectivity index (χ2n) is 8.68. The number of pyridine rings is 2. The van der Waals surface area contributed by atoms with E-state index in [0.29, 0.717) is 58.9 Å². The molecule has 0 radical (unpaired) electrons. The number of benzene rings is 1. The van der Waals surface area contributed by atoms with Crippen LogP contribution < -0.4 is 15.8 Å². The molecular weight excluding hydrogens is 484 g/mol. The molecule has 1 aliphatic rings. The van der Waals surface area contributed by atoms with Gasteiger partial charge in [-0.3, -0.25) is 14.2 Å². The maximum atomic E-state index is 15.3. The topological polar surface area (TPSA) is 109 Å². The molecule has 0 amide bonds. The van der Waals surface area contributed by atoms with Crippen molar-refractivity contribution >= 4 is 23.0 Å². The van der Waals surface area contributed by atoms with Crippen LogP contribution in [0.2, 0.25) is 0 Å². The summed E-state index contributed by atoms with van der Waals surface area (Å²) in [7, 11) is 5.02. The summed E-state index contributed by atoms with van der Waals surface area (Å²) >= 11 is 0. The summed E-state index contributed by atoms with van der Waals surface area (Å²) in [4.78, 5) is 34.8. The zero-order valence-electron chi connectivity index (χ0n) is 20.3. The summed E-state index contributed by atoms with van der Waals surface area (Å²) in [5.41, 5.74) is 2.99. The Morgan fingerprint density at radius 1 is 1.24 bits per heavy atom. The van der Waals surface area contributed by atoms with Crippen molar-refractivity contribution in [3.63, 3.8) is 0 Å². The lowest BCUT2D eigenvalue weighted by Gasteiger charge is -2.26. The number of nitrogens with zero attached hydrogens (tertiary/aromatic N) is 4. The molecule has 0 aliphatic heterocycles. The highest BCUT2D eigenvalue weighted by molar-refractivity contribution is 5.96. The van der Waals surface area contributed by atoms with Gasteiger partial charge in [-0.15, -0.1) is 0 Å². The molecule has 0 bridgehead atoms. The molecule has 1 aromatic carbocycles. The summed E-state index contributed by atoms with van der Waals surface area (Å²) in [5, 5.41) is 12.3. The van der Waals surface area contributed by atoms with Gasteiger partial charge in [-0.1, -0.05) is 0 Å². The van der Waals surface area contributed by atoms with Crippen molar-refractivity contribution in [3.8, 4) is 22.3 Å². The molecule has 4 aromatic rings. The molecule has 0 spiro atoms. The average molecular weight is 507 g/mol. The first-order chi connectivity index (χ1) is 17.8. The van der Waals surface area contributed by atoms with E-state index < -0.39 is 28.7 Å². The number of anilines is 2. The molecule has 9 nitrogen and oxygen atoms in total. The van der Waals surface area contributed by atoms with E-state index in [1.807, 2.05) is 11.9 Å². The van der Waals surface area contributed by atoms with Crippen LogP contribution in [0.5, 0.6) is 0 Å². The second kappa shape index (κ2) is 9.25. The predicted octanol–water partition coefficient (Wildman–Crippen LogP) is 3.43. The number of hydrogen-bond donors (Lipinski definition) is 2. The zero-order chi connectivity index (χ0) is 26.4.